The van der Waals surface area contributed by atoms with Crippen molar-refractivity contribution in [2.24, 2.45) is 0 Å². The highest BCUT2D eigenvalue weighted by Gasteiger charge is 2.16. The number of hydrogen-bond donors (Lipinski definition) is 1. The van der Waals surface area contributed by atoms with Crippen LogP contribution in [0.25, 0.3) is 0 Å². The van der Waals surface area contributed by atoms with Crippen LogP contribution in [0, 0.1) is 0 Å². The van der Waals surface area contributed by atoms with E-state index in [0.29, 0.717) is 12.6 Å². The third kappa shape index (κ3) is 5.56. The molecular weight excluding hydrogens is 264 g/mol. The Labute approximate surface area is 128 Å². The standard InChI is InChI=1S/C17H28N2O2/c1-3-19(14-15-6-5-11-18-15)12-13-21-17-9-7-16(8-10-17)20-4-2/h7-10,15,18H,3-6,11-14H2,1-2H3. The molecule has 1 atom stereocenters. The fraction of sp³-hybridized carbons (Fsp3) is 0.647. The predicted octanol–water partition coefficient (Wildman–Crippen LogP) is 2.54. The van der Waals surface area contributed by atoms with Crippen LogP contribution in [0.1, 0.15) is 26.7 Å². The summed E-state index contributed by atoms with van der Waals surface area (Å²) in [5, 5.41) is 3.55. The molecule has 2 rings (SSSR count). The van der Waals surface area contributed by atoms with Crippen molar-refractivity contribution in [3.05, 3.63) is 24.3 Å². The smallest absolute Gasteiger partial charge is 0.119 e. The molecule has 0 spiro atoms. The van der Waals surface area contributed by atoms with Gasteiger partial charge in [-0.05, 0) is 57.1 Å². The molecule has 0 bridgehead atoms. The molecule has 1 aliphatic rings. The van der Waals surface area contributed by atoms with Gasteiger partial charge in [0.05, 0.1) is 6.61 Å². The molecule has 0 amide bonds. The van der Waals surface area contributed by atoms with Crippen LogP contribution < -0.4 is 14.8 Å². The summed E-state index contributed by atoms with van der Waals surface area (Å²) in [6.45, 7) is 9.98. The minimum atomic E-state index is 0.662. The maximum Gasteiger partial charge on any atom is 0.119 e. The largest absolute Gasteiger partial charge is 0.494 e. The summed E-state index contributed by atoms with van der Waals surface area (Å²) in [5.41, 5.74) is 0. The molecule has 1 fully saturated rings. The molecular formula is C17H28N2O2. The molecule has 0 saturated carbocycles. The molecule has 4 heteroatoms. The highest BCUT2D eigenvalue weighted by Crippen LogP contribution is 2.17. The molecule has 0 aliphatic carbocycles. The van der Waals surface area contributed by atoms with Gasteiger partial charge in [-0.25, -0.2) is 0 Å². The zero-order valence-corrected chi connectivity index (χ0v) is 13.3. The van der Waals surface area contributed by atoms with Crippen LogP contribution in [0.15, 0.2) is 24.3 Å². The van der Waals surface area contributed by atoms with Crippen molar-refractivity contribution in [1.29, 1.82) is 0 Å². The Hall–Kier alpha value is -1.26. The van der Waals surface area contributed by atoms with Gasteiger partial charge in [-0.15, -0.1) is 0 Å². The maximum absolute atomic E-state index is 5.82. The van der Waals surface area contributed by atoms with Gasteiger partial charge in [-0.2, -0.15) is 0 Å². The number of likely N-dealkylation sites (N-methyl/N-ethyl adjacent to an activating group) is 1. The Morgan fingerprint density at radius 1 is 1.14 bits per heavy atom. The summed E-state index contributed by atoms with van der Waals surface area (Å²) in [6.07, 6.45) is 2.61. The van der Waals surface area contributed by atoms with E-state index in [2.05, 4.69) is 17.1 Å². The van der Waals surface area contributed by atoms with Crippen molar-refractivity contribution in [2.45, 2.75) is 32.7 Å². The molecule has 1 aromatic carbocycles. The topological polar surface area (TPSA) is 33.7 Å². The second kappa shape index (κ2) is 8.90. The van der Waals surface area contributed by atoms with Crippen LogP contribution in [-0.2, 0) is 0 Å². The Bertz CT molecular complexity index is 388. The number of ether oxygens (including phenoxy) is 2. The summed E-state index contributed by atoms with van der Waals surface area (Å²) >= 11 is 0. The second-order valence-corrected chi connectivity index (χ2v) is 5.44. The van der Waals surface area contributed by atoms with Gasteiger partial charge >= 0.3 is 0 Å². The van der Waals surface area contributed by atoms with Gasteiger partial charge in [0.2, 0.25) is 0 Å². The lowest BCUT2D eigenvalue weighted by Crippen LogP contribution is -2.39. The lowest BCUT2D eigenvalue weighted by molar-refractivity contribution is 0.203. The minimum Gasteiger partial charge on any atom is -0.494 e. The van der Waals surface area contributed by atoms with Crippen molar-refractivity contribution in [2.75, 3.05) is 39.4 Å². The van der Waals surface area contributed by atoms with E-state index in [1.807, 2.05) is 31.2 Å². The van der Waals surface area contributed by atoms with Crippen LogP contribution in [0.3, 0.4) is 0 Å². The van der Waals surface area contributed by atoms with Crippen LogP contribution >= 0.6 is 0 Å². The molecule has 118 valence electrons. The van der Waals surface area contributed by atoms with Crippen LogP contribution in [-0.4, -0.2) is 50.3 Å². The fourth-order valence-electron chi connectivity index (χ4n) is 2.69. The number of nitrogens with one attached hydrogen (secondary N) is 1. The average Bonchev–Trinajstić information content (AvgIpc) is 3.01. The first kappa shape index (κ1) is 16.1. The van der Waals surface area contributed by atoms with E-state index in [1.165, 1.54) is 19.4 Å². The quantitative estimate of drug-likeness (QED) is 0.758. The number of benzene rings is 1. The average molecular weight is 292 g/mol. The van der Waals surface area contributed by atoms with Gasteiger partial charge in [0, 0.05) is 19.1 Å². The molecule has 1 N–H and O–H groups in total. The maximum atomic E-state index is 5.82. The Morgan fingerprint density at radius 2 is 1.86 bits per heavy atom. The molecule has 1 unspecified atom stereocenters. The highest BCUT2D eigenvalue weighted by molar-refractivity contribution is 5.31. The number of nitrogens with zero attached hydrogens (tertiary/aromatic N) is 1. The van der Waals surface area contributed by atoms with Crippen molar-refractivity contribution < 1.29 is 9.47 Å². The third-order valence-corrected chi connectivity index (χ3v) is 3.90. The monoisotopic (exact) mass is 292 g/mol. The minimum absolute atomic E-state index is 0.662. The normalized spacial score (nSPS) is 18.1. The predicted molar refractivity (Wildman–Crippen MR) is 86.2 cm³/mol. The highest BCUT2D eigenvalue weighted by atomic mass is 16.5. The molecule has 1 aromatic rings. The van der Waals surface area contributed by atoms with Gasteiger partial charge in [0.15, 0.2) is 0 Å². The summed E-state index contributed by atoms with van der Waals surface area (Å²) in [4.78, 5) is 2.46. The van der Waals surface area contributed by atoms with Crippen LogP contribution in [0.4, 0.5) is 0 Å². The lowest BCUT2D eigenvalue weighted by Gasteiger charge is -2.24. The first-order chi connectivity index (χ1) is 10.3. The molecule has 0 aromatic heterocycles. The van der Waals surface area contributed by atoms with Crippen molar-refractivity contribution in [1.82, 2.24) is 10.2 Å². The molecule has 1 aliphatic heterocycles. The van der Waals surface area contributed by atoms with E-state index in [4.69, 9.17) is 9.47 Å². The first-order valence-corrected chi connectivity index (χ1v) is 8.13. The van der Waals surface area contributed by atoms with E-state index in [0.717, 1.165) is 37.7 Å². The van der Waals surface area contributed by atoms with Gasteiger partial charge < -0.3 is 14.8 Å². The molecule has 4 nitrogen and oxygen atoms in total. The van der Waals surface area contributed by atoms with Gasteiger partial charge in [-0.1, -0.05) is 6.92 Å². The molecule has 21 heavy (non-hydrogen) atoms. The summed E-state index contributed by atoms with van der Waals surface area (Å²) in [5.74, 6) is 1.81. The van der Waals surface area contributed by atoms with Crippen LogP contribution in [0.5, 0.6) is 11.5 Å². The van der Waals surface area contributed by atoms with E-state index < -0.39 is 0 Å². The lowest BCUT2D eigenvalue weighted by atomic mass is 10.2. The van der Waals surface area contributed by atoms with Crippen molar-refractivity contribution >= 4 is 0 Å². The van der Waals surface area contributed by atoms with Gasteiger partial charge in [0.1, 0.15) is 18.1 Å². The summed E-state index contributed by atoms with van der Waals surface area (Å²) < 4.78 is 11.2. The van der Waals surface area contributed by atoms with E-state index >= 15 is 0 Å². The Kier molecular flexibility index (Phi) is 6.83. The Morgan fingerprint density at radius 3 is 2.43 bits per heavy atom. The van der Waals surface area contributed by atoms with E-state index in [1.54, 1.807) is 0 Å². The third-order valence-electron chi connectivity index (χ3n) is 3.90. The fourth-order valence-corrected chi connectivity index (χ4v) is 2.69. The zero-order chi connectivity index (χ0) is 14.9. The summed E-state index contributed by atoms with van der Waals surface area (Å²) in [7, 11) is 0. The van der Waals surface area contributed by atoms with Crippen LogP contribution in [0.2, 0.25) is 0 Å². The molecule has 1 saturated heterocycles. The van der Waals surface area contributed by atoms with E-state index in [-0.39, 0.29) is 0 Å². The first-order valence-electron chi connectivity index (χ1n) is 8.13. The molecule has 0 radical (unpaired) electrons. The second-order valence-electron chi connectivity index (χ2n) is 5.44. The number of rotatable bonds is 9. The SMILES string of the molecule is CCOc1ccc(OCCN(CC)CC2CCCN2)cc1. The van der Waals surface area contributed by atoms with Gasteiger partial charge in [-0.3, -0.25) is 4.90 Å². The Balaban J connectivity index is 1.68. The van der Waals surface area contributed by atoms with Gasteiger partial charge in [0.25, 0.3) is 0 Å². The number of hydrogen-bond acceptors (Lipinski definition) is 4. The zero-order valence-electron chi connectivity index (χ0n) is 13.3. The van der Waals surface area contributed by atoms with E-state index in [9.17, 15) is 0 Å². The molecule has 1 heterocycles. The summed E-state index contributed by atoms with van der Waals surface area (Å²) in [6, 6.07) is 8.52. The van der Waals surface area contributed by atoms with Crippen molar-refractivity contribution in [3.8, 4) is 11.5 Å². The van der Waals surface area contributed by atoms with Crippen molar-refractivity contribution in [3.63, 3.8) is 0 Å².